The third-order valence-corrected chi connectivity index (χ3v) is 1.65. The van der Waals surface area contributed by atoms with Gasteiger partial charge in [0.1, 0.15) is 0 Å². The normalized spacial score (nSPS) is 9.42. The topological polar surface area (TPSA) is 30.0 Å². The zero-order valence-electron chi connectivity index (χ0n) is 7.08. The molecule has 0 fully saturated rings. The summed E-state index contributed by atoms with van der Waals surface area (Å²) in [5.41, 5.74) is 1.69. The van der Waals surface area contributed by atoms with Crippen LogP contribution in [0.1, 0.15) is 22.8 Å². The molecule has 2 heteroatoms. The first-order valence-corrected chi connectivity index (χ1v) is 3.80. The van der Waals surface area contributed by atoms with E-state index in [9.17, 15) is 4.79 Å². The first kappa shape index (κ1) is 8.65. The molecule has 62 valence electrons. The first-order chi connectivity index (χ1) is 5.75. The zero-order valence-corrected chi connectivity index (χ0v) is 7.08. The molecule has 0 N–H and O–H groups in total. The molecule has 0 unspecified atom stereocenters. The Balaban J connectivity index is 3.07. The van der Waals surface area contributed by atoms with Gasteiger partial charge in [-0.2, -0.15) is 0 Å². The lowest BCUT2D eigenvalue weighted by Crippen LogP contribution is -1.99. The summed E-state index contributed by atoms with van der Waals surface area (Å²) >= 11 is 0. The molecule has 2 nitrogen and oxygen atoms in total. The van der Waals surface area contributed by atoms with Crippen molar-refractivity contribution in [2.45, 2.75) is 13.3 Å². The molecule has 0 aliphatic rings. The Bertz CT molecular complexity index is 304. The van der Waals surface area contributed by atoms with Crippen LogP contribution in [-0.2, 0) is 6.42 Å². The van der Waals surface area contributed by atoms with E-state index in [0.717, 1.165) is 12.0 Å². The Labute approximate surface area is 71.9 Å². The number of carbonyl (C=O) groups is 1. The molecule has 0 amide bonds. The van der Waals surface area contributed by atoms with Crippen molar-refractivity contribution in [3.8, 4) is 0 Å². The molecule has 0 saturated heterocycles. The van der Waals surface area contributed by atoms with Gasteiger partial charge in [-0.25, -0.2) is 0 Å². The number of hydrogen-bond acceptors (Lipinski definition) is 2. The smallest absolute Gasteiger partial charge is 0.161 e. The fraction of sp³-hybridized carbons (Fsp3) is 0.200. The maximum absolute atomic E-state index is 11.1. The highest BCUT2D eigenvalue weighted by atomic mass is 16.1. The third kappa shape index (κ3) is 1.78. The van der Waals surface area contributed by atoms with Crippen LogP contribution >= 0.6 is 0 Å². The Hall–Kier alpha value is -1.44. The summed E-state index contributed by atoms with van der Waals surface area (Å²) in [6, 6.07) is 1.85. The lowest BCUT2D eigenvalue weighted by molar-refractivity contribution is 0.101. The van der Waals surface area contributed by atoms with Gasteiger partial charge in [-0.1, -0.05) is 6.08 Å². The number of Topliss-reactive ketones (excluding diaryl/α,β-unsaturated/α-hetero) is 1. The van der Waals surface area contributed by atoms with Gasteiger partial charge in [0.05, 0.1) is 0 Å². The monoisotopic (exact) mass is 161 g/mol. The quantitative estimate of drug-likeness (QED) is 0.501. The van der Waals surface area contributed by atoms with E-state index in [1.165, 1.54) is 0 Å². The van der Waals surface area contributed by atoms with E-state index < -0.39 is 0 Å². The molecule has 0 saturated carbocycles. The van der Waals surface area contributed by atoms with E-state index in [4.69, 9.17) is 0 Å². The van der Waals surface area contributed by atoms with Gasteiger partial charge in [-0.3, -0.25) is 9.78 Å². The van der Waals surface area contributed by atoms with Crippen LogP contribution in [0.15, 0.2) is 31.1 Å². The van der Waals surface area contributed by atoms with Gasteiger partial charge < -0.3 is 0 Å². The van der Waals surface area contributed by atoms with Crippen LogP contribution in [0.5, 0.6) is 0 Å². The van der Waals surface area contributed by atoms with Gasteiger partial charge >= 0.3 is 0 Å². The van der Waals surface area contributed by atoms with Crippen molar-refractivity contribution in [2.24, 2.45) is 0 Å². The molecule has 0 atom stereocenters. The van der Waals surface area contributed by atoms with Gasteiger partial charge in [-0.15, -0.1) is 6.58 Å². The maximum atomic E-state index is 11.1. The van der Waals surface area contributed by atoms with Crippen LogP contribution in [0, 0.1) is 0 Å². The van der Waals surface area contributed by atoms with Crippen LogP contribution in [0.25, 0.3) is 0 Å². The molecule has 1 heterocycles. The van der Waals surface area contributed by atoms with E-state index in [1.54, 1.807) is 25.4 Å². The van der Waals surface area contributed by atoms with Crippen LogP contribution in [0.2, 0.25) is 0 Å². The molecule has 0 spiro atoms. The number of pyridine rings is 1. The minimum atomic E-state index is 0.0555. The Kier molecular flexibility index (Phi) is 2.75. The second kappa shape index (κ2) is 3.81. The minimum Gasteiger partial charge on any atom is -0.294 e. The zero-order chi connectivity index (χ0) is 8.97. The van der Waals surface area contributed by atoms with Crippen molar-refractivity contribution >= 4 is 5.78 Å². The van der Waals surface area contributed by atoms with Crippen LogP contribution < -0.4 is 0 Å². The van der Waals surface area contributed by atoms with Crippen molar-refractivity contribution in [3.05, 3.63) is 42.2 Å². The Morgan fingerprint density at radius 1 is 1.75 bits per heavy atom. The summed E-state index contributed by atoms with van der Waals surface area (Å²) in [6.07, 6.45) is 5.78. The van der Waals surface area contributed by atoms with Gasteiger partial charge in [0.15, 0.2) is 5.78 Å². The third-order valence-electron chi connectivity index (χ3n) is 1.65. The lowest BCUT2D eigenvalue weighted by Gasteiger charge is -2.01. The average molecular weight is 161 g/mol. The molecule has 0 radical (unpaired) electrons. The SMILES string of the molecule is C=CCc1ccncc1C(C)=O. The van der Waals surface area contributed by atoms with Crippen molar-refractivity contribution in [3.63, 3.8) is 0 Å². The largest absolute Gasteiger partial charge is 0.294 e. The van der Waals surface area contributed by atoms with Crippen molar-refractivity contribution in [1.82, 2.24) is 4.98 Å². The van der Waals surface area contributed by atoms with E-state index in [-0.39, 0.29) is 5.78 Å². The molecule has 12 heavy (non-hydrogen) atoms. The standard InChI is InChI=1S/C10H11NO/c1-3-4-9-5-6-11-7-10(9)8(2)12/h3,5-7H,1,4H2,2H3. The molecular formula is C10H11NO. The number of aromatic nitrogens is 1. The lowest BCUT2D eigenvalue weighted by atomic mass is 10.1. The second-order valence-corrected chi connectivity index (χ2v) is 2.58. The summed E-state index contributed by atoms with van der Waals surface area (Å²) in [7, 11) is 0. The molecule has 0 bridgehead atoms. The average Bonchev–Trinajstić information content (AvgIpc) is 2.05. The van der Waals surface area contributed by atoms with Crippen LogP contribution in [0.4, 0.5) is 0 Å². The molecule has 1 aromatic heterocycles. The molecule has 0 aliphatic carbocycles. The predicted octanol–water partition coefficient (Wildman–Crippen LogP) is 2.01. The Morgan fingerprint density at radius 3 is 3.08 bits per heavy atom. The molecule has 0 aromatic carbocycles. The summed E-state index contributed by atoms with van der Waals surface area (Å²) < 4.78 is 0. The van der Waals surface area contributed by atoms with Gasteiger partial charge in [0.2, 0.25) is 0 Å². The fourth-order valence-electron chi connectivity index (χ4n) is 1.07. The summed E-state index contributed by atoms with van der Waals surface area (Å²) in [4.78, 5) is 15.0. The highest BCUT2D eigenvalue weighted by Crippen LogP contribution is 2.08. The van der Waals surface area contributed by atoms with Gasteiger partial charge in [0.25, 0.3) is 0 Å². The van der Waals surface area contributed by atoms with Crippen LogP contribution in [-0.4, -0.2) is 10.8 Å². The maximum Gasteiger partial charge on any atom is 0.161 e. The number of ketones is 1. The highest BCUT2D eigenvalue weighted by Gasteiger charge is 2.04. The minimum absolute atomic E-state index is 0.0555. The van der Waals surface area contributed by atoms with Crippen molar-refractivity contribution in [1.29, 1.82) is 0 Å². The Morgan fingerprint density at radius 2 is 2.50 bits per heavy atom. The van der Waals surface area contributed by atoms with Gasteiger partial charge in [-0.05, 0) is 25.0 Å². The molecular weight excluding hydrogens is 150 g/mol. The second-order valence-electron chi connectivity index (χ2n) is 2.58. The summed E-state index contributed by atoms with van der Waals surface area (Å²) in [6.45, 7) is 5.17. The van der Waals surface area contributed by atoms with Gasteiger partial charge in [0, 0.05) is 18.0 Å². The summed E-state index contributed by atoms with van der Waals surface area (Å²) in [5.74, 6) is 0.0555. The number of carbonyl (C=O) groups excluding carboxylic acids is 1. The van der Waals surface area contributed by atoms with Crippen molar-refractivity contribution < 1.29 is 4.79 Å². The van der Waals surface area contributed by atoms with E-state index in [1.807, 2.05) is 6.07 Å². The number of rotatable bonds is 3. The molecule has 0 aliphatic heterocycles. The molecule has 1 aromatic rings. The number of nitrogens with zero attached hydrogens (tertiary/aromatic N) is 1. The van der Waals surface area contributed by atoms with Crippen LogP contribution in [0.3, 0.4) is 0 Å². The van der Waals surface area contributed by atoms with E-state index in [0.29, 0.717) is 5.56 Å². The van der Waals surface area contributed by atoms with Crippen molar-refractivity contribution in [2.75, 3.05) is 0 Å². The first-order valence-electron chi connectivity index (χ1n) is 3.80. The van der Waals surface area contributed by atoms with E-state index in [2.05, 4.69) is 11.6 Å². The fourth-order valence-corrected chi connectivity index (χ4v) is 1.07. The predicted molar refractivity (Wildman–Crippen MR) is 48.1 cm³/mol. The highest BCUT2D eigenvalue weighted by molar-refractivity contribution is 5.95. The van der Waals surface area contributed by atoms with E-state index >= 15 is 0 Å². The summed E-state index contributed by atoms with van der Waals surface area (Å²) in [5, 5.41) is 0. The number of hydrogen-bond donors (Lipinski definition) is 0. The number of allylic oxidation sites excluding steroid dienone is 1. The molecule has 1 rings (SSSR count).